The Morgan fingerprint density at radius 1 is 1.17 bits per heavy atom. The molecule has 3 rings (SSSR count). The van der Waals surface area contributed by atoms with Crippen LogP contribution in [0.2, 0.25) is 0 Å². The van der Waals surface area contributed by atoms with Crippen LogP contribution < -0.4 is 5.32 Å². The predicted octanol–water partition coefficient (Wildman–Crippen LogP) is -1.04. The Balaban J connectivity index is 1.76. The molecule has 1 aromatic carbocycles. The van der Waals surface area contributed by atoms with E-state index < -0.39 is 43.2 Å². The highest BCUT2D eigenvalue weighted by Gasteiger charge is 2.44. The molecular formula is C15H17NO7. The summed E-state index contributed by atoms with van der Waals surface area (Å²) in [5.74, 6) is -0.660. The number of hydrogen-bond acceptors (Lipinski definition) is 7. The van der Waals surface area contributed by atoms with Gasteiger partial charge < -0.3 is 34.9 Å². The summed E-state index contributed by atoms with van der Waals surface area (Å²) in [5, 5.41) is 41.8. The molecule has 23 heavy (non-hydrogen) atoms. The van der Waals surface area contributed by atoms with Crippen LogP contribution >= 0.6 is 0 Å². The number of nitrogens with one attached hydrogen (secondary N) is 1. The van der Waals surface area contributed by atoms with Gasteiger partial charge in [-0.1, -0.05) is 18.2 Å². The van der Waals surface area contributed by atoms with Crippen molar-refractivity contribution in [3.63, 3.8) is 0 Å². The van der Waals surface area contributed by atoms with Gasteiger partial charge in [0.25, 0.3) is 5.91 Å². The largest absolute Gasteiger partial charge is 0.451 e. The molecule has 2 heterocycles. The van der Waals surface area contributed by atoms with E-state index in [2.05, 4.69) is 5.32 Å². The minimum absolute atomic E-state index is 0.00405. The van der Waals surface area contributed by atoms with E-state index in [9.17, 15) is 20.1 Å². The molecule has 1 aliphatic rings. The lowest BCUT2D eigenvalue weighted by molar-refractivity contribution is -0.252. The molecule has 1 saturated heterocycles. The Labute approximate surface area is 130 Å². The highest BCUT2D eigenvalue weighted by Crippen LogP contribution is 2.22. The average molecular weight is 323 g/mol. The number of furan rings is 1. The number of carbonyl (C=O) groups is 1. The zero-order valence-electron chi connectivity index (χ0n) is 12.0. The van der Waals surface area contributed by atoms with Gasteiger partial charge in [0, 0.05) is 5.39 Å². The first-order chi connectivity index (χ1) is 11.0. The third kappa shape index (κ3) is 2.94. The van der Waals surface area contributed by atoms with E-state index in [1.54, 1.807) is 24.3 Å². The quantitative estimate of drug-likeness (QED) is 0.487. The number of amides is 1. The fourth-order valence-electron chi connectivity index (χ4n) is 2.57. The number of rotatable bonds is 3. The van der Waals surface area contributed by atoms with Crippen LogP contribution in [0.3, 0.4) is 0 Å². The highest BCUT2D eigenvalue weighted by atomic mass is 16.6. The van der Waals surface area contributed by atoms with E-state index in [0.717, 1.165) is 5.39 Å². The van der Waals surface area contributed by atoms with Gasteiger partial charge >= 0.3 is 0 Å². The second-order valence-electron chi connectivity index (χ2n) is 5.38. The van der Waals surface area contributed by atoms with E-state index in [0.29, 0.717) is 5.58 Å². The Hall–Kier alpha value is -1.97. The molecule has 1 aliphatic heterocycles. The lowest BCUT2D eigenvalue weighted by Crippen LogP contribution is -2.64. The molecular weight excluding hydrogens is 306 g/mol. The van der Waals surface area contributed by atoms with Gasteiger partial charge in [-0.3, -0.25) is 4.79 Å². The summed E-state index contributed by atoms with van der Waals surface area (Å²) >= 11 is 0. The molecule has 1 unspecified atom stereocenters. The van der Waals surface area contributed by atoms with Crippen LogP contribution in [0.15, 0.2) is 34.7 Å². The summed E-state index contributed by atoms with van der Waals surface area (Å²) in [6.45, 7) is -0.570. The smallest absolute Gasteiger partial charge is 0.287 e. The summed E-state index contributed by atoms with van der Waals surface area (Å²) in [6, 6.07) is 7.32. The molecule has 0 saturated carbocycles. The predicted molar refractivity (Wildman–Crippen MR) is 77.4 cm³/mol. The fraction of sp³-hybridized carbons (Fsp3) is 0.400. The molecule has 0 radical (unpaired) electrons. The Morgan fingerprint density at radius 2 is 1.91 bits per heavy atom. The normalized spacial score (nSPS) is 31.2. The first-order valence-corrected chi connectivity index (χ1v) is 7.11. The van der Waals surface area contributed by atoms with Crippen molar-refractivity contribution in [1.82, 2.24) is 5.32 Å². The summed E-state index contributed by atoms with van der Waals surface area (Å²) in [6.07, 6.45) is -5.63. The Bertz CT molecular complexity index is 667. The van der Waals surface area contributed by atoms with E-state index in [-0.39, 0.29) is 5.76 Å². The van der Waals surface area contributed by atoms with Crippen molar-refractivity contribution in [3.8, 4) is 0 Å². The summed E-state index contributed by atoms with van der Waals surface area (Å²) < 4.78 is 10.4. The SMILES string of the molecule is O=C(N[C@@H]1C(O)O[C@H](CO)[C@@H](O)[C@@H]1O)c1cc2ccccc2o1. The van der Waals surface area contributed by atoms with E-state index in [1.807, 2.05) is 0 Å². The third-order valence-corrected chi connectivity index (χ3v) is 3.85. The van der Waals surface area contributed by atoms with Crippen molar-refractivity contribution < 1.29 is 34.4 Å². The zero-order chi connectivity index (χ0) is 16.6. The molecule has 0 spiro atoms. The van der Waals surface area contributed by atoms with Crippen LogP contribution in [0.5, 0.6) is 0 Å². The van der Waals surface area contributed by atoms with E-state index >= 15 is 0 Å². The maximum absolute atomic E-state index is 12.2. The number of hydrogen-bond donors (Lipinski definition) is 5. The van der Waals surface area contributed by atoms with Crippen molar-refractivity contribution in [1.29, 1.82) is 0 Å². The second-order valence-corrected chi connectivity index (χ2v) is 5.38. The Kier molecular flexibility index (Phi) is 4.33. The molecule has 0 aliphatic carbocycles. The summed E-state index contributed by atoms with van der Waals surface area (Å²) in [4.78, 5) is 12.2. The maximum Gasteiger partial charge on any atom is 0.287 e. The lowest BCUT2D eigenvalue weighted by atomic mass is 9.97. The zero-order valence-corrected chi connectivity index (χ0v) is 12.0. The first kappa shape index (κ1) is 15.9. The fourth-order valence-corrected chi connectivity index (χ4v) is 2.57. The van der Waals surface area contributed by atoms with Crippen molar-refractivity contribution in [2.75, 3.05) is 6.61 Å². The molecule has 124 valence electrons. The van der Waals surface area contributed by atoms with Crippen LogP contribution in [-0.4, -0.2) is 63.6 Å². The number of aliphatic hydroxyl groups is 4. The third-order valence-electron chi connectivity index (χ3n) is 3.85. The van der Waals surface area contributed by atoms with Gasteiger partial charge in [0.1, 0.15) is 29.9 Å². The van der Waals surface area contributed by atoms with E-state index in [1.165, 1.54) is 6.07 Å². The summed E-state index contributed by atoms with van der Waals surface area (Å²) in [7, 11) is 0. The maximum atomic E-state index is 12.2. The van der Waals surface area contributed by atoms with Crippen LogP contribution in [0.1, 0.15) is 10.6 Å². The van der Waals surface area contributed by atoms with Gasteiger partial charge in [0.05, 0.1) is 6.61 Å². The van der Waals surface area contributed by atoms with Crippen molar-refractivity contribution in [2.24, 2.45) is 0 Å². The molecule has 0 bridgehead atoms. The minimum Gasteiger partial charge on any atom is -0.451 e. The topological polar surface area (TPSA) is 132 Å². The minimum atomic E-state index is -1.57. The molecule has 8 heteroatoms. The van der Waals surface area contributed by atoms with Gasteiger partial charge in [0.15, 0.2) is 12.1 Å². The number of aliphatic hydroxyl groups excluding tert-OH is 4. The molecule has 5 N–H and O–H groups in total. The van der Waals surface area contributed by atoms with Crippen molar-refractivity contribution in [3.05, 3.63) is 36.1 Å². The van der Waals surface area contributed by atoms with Crippen LogP contribution in [-0.2, 0) is 4.74 Å². The number of para-hydroxylation sites is 1. The van der Waals surface area contributed by atoms with Gasteiger partial charge in [0.2, 0.25) is 0 Å². The molecule has 8 nitrogen and oxygen atoms in total. The number of ether oxygens (including phenoxy) is 1. The van der Waals surface area contributed by atoms with E-state index in [4.69, 9.17) is 14.3 Å². The van der Waals surface area contributed by atoms with Gasteiger partial charge in [-0.2, -0.15) is 0 Å². The average Bonchev–Trinajstić information content (AvgIpc) is 2.99. The van der Waals surface area contributed by atoms with Crippen molar-refractivity contribution >= 4 is 16.9 Å². The Morgan fingerprint density at radius 3 is 2.61 bits per heavy atom. The second kappa shape index (κ2) is 6.26. The van der Waals surface area contributed by atoms with Crippen LogP contribution in [0.25, 0.3) is 11.0 Å². The molecule has 1 aromatic heterocycles. The van der Waals surface area contributed by atoms with Gasteiger partial charge in [-0.05, 0) is 12.1 Å². The van der Waals surface area contributed by atoms with Crippen LogP contribution in [0, 0.1) is 0 Å². The monoisotopic (exact) mass is 323 g/mol. The van der Waals surface area contributed by atoms with Gasteiger partial charge in [-0.15, -0.1) is 0 Å². The lowest BCUT2D eigenvalue weighted by Gasteiger charge is -2.40. The molecule has 1 amide bonds. The van der Waals surface area contributed by atoms with Gasteiger partial charge in [-0.25, -0.2) is 0 Å². The number of fused-ring (bicyclic) bond motifs is 1. The molecule has 5 atom stereocenters. The summed E-state index contributed by atoms with van der Waals surface area (Å²) in [5.41, 5.74) is 0.527. The molecule has 1 fully saturated rings. The van der Waals surface area contributed by atoms with Crippen LogP contribution in [0.4, 0.5) is 0 Å². The molecule has 2 aromatic rings. The number of benzene rings is 1. The first-order valence-electron chi connectivity index (χ1n) is 7.11. The highest BCUT2D eigenvalue weighted by molar-refractivity contribution is 5.96. The standard InChI is InChI=1S/C15H17NO7/c17-6-10-12(18)13(19)11(15(21)23-10)16-14(20)9-5-7-3-1-2-4-8(7)22-9/h1-5,10-13,15,17-19,21H,6H2,(H,16,20)/t10-,11+,12-,13-,15?/m1/s1. The number of carbonyl (C=O) groups excluding carboxylic acids is 1. The van der Waals surface area contributed by atoms with Crippen molar-refractivity contribution in [2.45, 2.75) is 30.6 Å².